The van der Waals surface area contributed by atoms with Gasteiger partial charge in [0, 0.05) is 6.42 Å². The third kappa shape index (κ3) is 42.0. The van der Waals surface area contributed by atoms with Crippen LogP contribution in [-0.4, -0.2) is 99.6 Å². The molecule has 6 N–H and O–H groups in total. The van der Waals surface area contributed by atoms with Gasteiger partial charge in [-0.1, -0.05) is 273 Å². The average molecular weight is 1100 g/mol. The number of aliphatic hydroxyl groups is 5. The van der Waals surface area contributed by atoms with Gasteiger partial charge < -0.3 is 45.1 Å². The molecule has 0 spiro atoms. The molecule has 0 saturated carbocycles. The van der Waals surface area contributed by atoms with Gasteiger partial charge >= 0.3 is 5.97 Å². The highest BCUT2D eigenvalue weighted by atomic mass is 16.7. The lowest BCUT2D eigenvalue weighted by atomic mass is 9.99. The fraction of sp³-hybridized carbons (Fsp3) is 0.791. The lowest BCUT2D eigenvalue weighted by Crippen LogP contribution is -2.61. The van der Waals surface area contributed by atoms with Gasteiger partial charge in [0.25, 0.3) is 0 Å². The molecule has 8 atom stereocenters. The van der Waals surface area contributed by atoms with Gasteiger partial charge in [-0.15, -0.1) is 0 Å². The van der Waals surface area contributed by atoms with Gasteiger partial charge in [-0.05, 0) is 70.6 Å². The zero-order valence-corrected chi connectivity index (χ0v) is 50.0. The number of allylic oxidation sites excluding steroid dienone is 11. The number of hydrogen-bond acceptors (Lipinski definition) is 10. The summed E-state index contributed by atoms with van der Waals surface area (Å²) in [5, 5.41) is 57.0. The van der Waals surface area contributed by atoms with Crippen molar-refractivity contribution < 1.29 is 49.3 Å². The second-order valence-corrected chi connectivity index (χ2v) is 22.2. The molecule has 1 fully saturated rings. The smallest absolute Gasteiger partial charge is 0.306 e. The average Bonchev–Trinajstić information content (AvgIpc) is 3.45. The Hall–Kier alpha value is -2.90. The quantitative estimate of drug-likeness (QED) is 0.0149. The lowest BCUT2D eigenvalue weighted by molar-refractivity contribution is -0.305. The van der Waals surface area contributed by atoms with Crippen LogP contribution in [0.25, 0.3) is 0 Å². The molecule has 78 heavy (non-hydrogen) atoms. The Morgan fingerprint density at radius 3 is 1.42 bits per heavy atom. The van der Waals surface area contributed by atoms with E-state index >= 15 is 0 Å². The number of rotatable bonds is 54. The van der Waals surface area contributed by atoms with E-state index in [4.69, 9.17) is 14.2 Å². The molecule has 0 radical (unpaired) electrons. The molecule has 0 aromatic heterocycles. The Morgan fingerprint density at radius 2 is 0.936 bits per heavy atom. The largest absolute Gasteiger partial charge is 0.454 e. The van der Waals surface area contributed by atoms with Crippen LogP contribution in [0.3, 0.4) is 0 Å². The molecule has 452 valence electrons. The number of carbonyl (C=O) groups is 2. The van der Waals surface area contributed by atoms with Crippen LogP contribution >= 0.6 is 0 Å². The van der Waals surface area contributed by atoms with E-state index in [1.54, 1.807) is 6.08 Å². The van der Waals surface area contributed by atoms with Gasteiger partial charge in [-0.25, -0.2) is 0 Å². The molecular formula is C67H119NO10. The number of hydrogen-bond donors (Lipinski definition) is 6. The molecule has 1 aliphatic rings. The summed E-state index contributed by atoms with van der Waals surface area (Å²) >= 11 is 0. The molecule has 0 aliphatic carbocycles. The molecule has 1 aliphatic heterocycles. The van der Waals surface area contributed by atoms with E-state index in [2.05, 4.69) is 56.5 Å². The first kappa shape index (κ1) is 73.1. The van der Waals surface area contributed by atoms with Crippen molar-refractivity contribution in [3.8, 4) is 0 Å². The van der Waals surface area contributed by atoms with Crippen LogP contribution in [0.5, 0.6) is 0 Å². The second-order valence-electron chi connectivity index (χ2n) is 22.2. The van der Waals surface area contributed by atoms with Crippen LogP contribution in [0.2, 0.25) is 0 Å². The van der Waals surface area contributed by atoms with E-state index in [0.717, 1.165) is 77.0 Å². The summed E-state index contributed by atoms with van der Waals surface area (Å²) in [6.45, 7) is 5.64. The zero-order valence-electron chi connectivity index (χ0n) is 50.0. The van der Waals surface area contributed by atoms with Gasteiger partial charge in [-0.3, -0.25) is 9.59 Å². The summed E-state index contributed by atoms with van der Waals surface area (Å²) in [6.07, 6.45) is 59.4. The van der Waals surface area contributed by atoms with Crippen LogP contribution in [-0.2, 0) is 23.8 Å². The van der Waals surface area contributed by atoms with Crippen molar-refractivity contribution in [1.29, 1.82) is 0 Å². The van der Waals surface area contributed by atoms with Crippen molar-refractivity contribution in [2.24, 2.45) is 0 Å². The molecule has 11 heteroatoms. The van der Waals surface area contributed by atoms with Crippen LogP contribution in [0.15, 0.2) is 72.9 Å². The monoisotopic (exact) mass is 1100 g/mol. The van der Waals surface area contributed by atoms with Crippen LogP contribution < -0.4 is 5.32 Å². The van der Waals surface area contributed by atoms with Crippen LogP contribution in [0, 0.1) is 0 Å². The molecule has 0 aromatic rings. The van der Waals surface area contributed by atoms with Crippen molar-refractivity contribution in [2.45, 2.75) is 327 Å². The lowest BCUT2D eigenvalue weighted by Gasteiger charge is -2.41. The Morgan fingerprint density at radius 1 is 0.513 bits per heavy atom. The maximum Gasteiger partial charge on any atom is 0.306 e. The van der Waals surface area contributed by atoms with E-state index in [-0.39, 0.29) is 19.4 Å². The zero-order chi connectivity index (χ0) is 56.8. The number of carbonyl (C=O) groups excluding carboxylic acids is 2. The molecule has 1 rings (SSSR count). The van der Waals surface area contributed by atoms with Gasteiger partial charge in [0.05, 0.1) is 25.4 Å². The van der Waals surface area contributed by atoms with E-state index in [1.165, 1.54) is 154 Å². The number of aliphatic hydroxyl groups excluding tert-OH is 5. The summed E-state index contributed by atoms with van der Waals surface area (Å²) in [5.41, 5.74) is 0. The fourth-order valence-corrected chi connectivity index (χ4v) is 9.83. The van der Waals surface area contributed by atoms with Crippen LogP contribution in [0.1, 0.15) is 278 Å². The first-order chi connectivity index (χ1) is 38.2. The van der Waals surface area contributed by atoms with Crippen LogP contribution in [0.4, 0.5) is 0 Å². The van der Waals surface area contributed by atoms with Crippen molar-refractivity contribution in [1.82, 2.24) is 5.32 Å². The predicted molar refractivity (Wildman–Crippen MR) is 324 cm³/mol. The molecular weight excluding hydrogens is 979 g/mol. The van der Waals surface area contributed by atoms with Crippen molar-refractivity contribution in [3.63, 3.8) is 0 Å². The number of unbranched alkanes of at least 4 members (excludes halogenated alkanes) is 33. The molecule has 8 unspecified atom stereocenters. The summed E-state index contributed by atoms with van der Waals surface area (Å²) < 4.78 is 17.6. The van der Waals surface area contributed by atoms with E-state index in [9.17, 15) is 35.1 Å². The Bertz CT molecular complexity index is 1540. The first-order valence-corrected chi connectivity index (χ1v) is 32.3. The molecule has 1 amide bonds. The van der Waals surface area contributed by atoms with E-state index < -0.39 is 67.4 Å². The van der Waals surface area contributed by atoms with Gasteiger partial charge in [0.2, 0.25) is 5.91 Å². The third-order valence-corrected chi connectivity index (χ3v) is 14.9. The standard InChI is InChI=1S/C67H119NO10/c1-4-7-10-13-16-19-22-25-27-28-29-30-31-32-33-35-36-39-42-45-48-51-54-60(71)66(75)68-58(59(70)53-50-47-44-41-38-24-21-18-15-12-9-6-3)57-76-67-65(64(74)63(73)61(56-69)77-67)78-62(72)55-52-49-46-43-40-37-34-26-23-20-17-14-11-8-5-2/h8,11,14,17,20,23,25-27,34,50,53,58-61,63-65,67,69-71,73-74H,4-7,9-10,12-13,15-16,18-19,21-22,24,28-33,35-49,51-52,54-57H2,1-3H3,(H,68,75)/b11-8+,17-14+,23-20+,27-25+,34-26-,53-50+. The number of amides is 1. The molecule has 11 nitrogen and oxygen atoms in total. The highest BCUT2D eigenvalue weighted by Gasteiger charge is 2.47. The Labute approximate surface area is 477 Å². The minimum absolute atomic E-state index is 0.0956. The summed E-state index contributed by atoms with van der Waals surface area (Å²) in [4.78, 5) is 26.6. The maximum absolute atomic E-state index is 13.4. The van der Waals surface area contributed by atoms with Gasteiger partial charge in [0.1, 0.15) is 24.4 Å². The normalized spacial score (nSPS) is 19.4. The van der Waals surface area contributed by atoms with Gasteiger partial charge in [-0.2, -0.15) is 0 Å². The Balaban J connectivity index is 2.64. The third-order valence-electron chi connectivity index (χ3n) is 14.9. The Kier molecular flexibility index (Phi) is 51.3. The number of nitrogens with one attached hydrogen (secondary N) is 1. The molecule has 0 bridgehead atoms. The minimum atomic E-state index is -1.63. The maximum atomic E-state index is 13.4. The van der Waals surface area contributed by atoms with Gasteiger partial charge in [0.15, 0.2) is 12.4 Å². The van der Waals surface area contributed by atoms with Crippen molar-refractivity contribution in [3.05, 3.63) is 72.9 Å². The fourth-order valence-electron chi connectivity index (χ4n) is 9.83. The molecule has 0 aromatic carbocycles. The van der Waals surface area contributed by atoms with E-state index in [1.807, 2.05) is 36.5 Å². The predicted octanol–water partition coefficient (Wildman–Crippen LogP) is 15.6. The van der Waals surface area contributed by atoms with Crippen molar-refractivity contribution in [2.75, 3.05) is 13.2 Å². The topological polar surface area (TPSA) is 175 Å². The SMILES string of the molecule is CC/C=C/C=C/C=C/C=C\CCCCCCCC(=O)OC1C(OCC(NC(=O)C(O)CCCCCCCCCCCCCC/C=C/CCCCCCCC)C(O)/C=C/CCCCCCCCCCCC)OC(CO)C(O)C1O. The minimum Gasteiger partial charge on any atom is -0.454 e. The van der Waals surface area contributed by atoms with E-state index in [0.29, 0.717) is 12.8 Å². The highest BCUT2D eigenvalue weighted by molar-refractivity contribution is 5.80. The van der Waals surface area contributed by atoms with Crippen molar-refractivity contribution >= 4 is 11.9 Å². The second kappa shape index (κ2) is 54.7. The highest BCUT2D eigenvalue weighted by Crippen LogP contribution is 2.26. The first-order valence-electron chi connectivity index (χ1n) is 32.3. The summed E-state index contributed by atoms with van der Waals surface area (Å²) in [7, 11) is 0. The number of esters is 1. The molecule has 1 saturated heterocycles. The molecule has 1 heterocycles. The number of ether oxygens (including phenoxy) is 3. The summed E-state index contributed by atoms with van der Waals surface area (Å²) in [5.74, 6) is -1.22. The summed E-state index contributed by atoms with van der Waals surface area (Å²) in [6, 6.07) is -1.03.